The molecule has 0 atom stereocenters. The van der Waals surface area contributed by atoms with Crippen LogP contribution < -0.4 is 9.64 Å². The Morgan fingerprint density at radius 3 is 2.14 bits per heavy atom. The van der Waals surface area contributed by atoms with Gasteiger partial charge in [0.1, 0.15) is 11.3 Å². The number of likely N-dealkylation sites (N-methyl/N-ethyl adjacent to an activating group) is 1. The summed E-state index contributed by atoms with van der Waals surface area (Å²) in [7, 11) is -3.59. The van der Waals surface area contributed by atoms with Crippen LogP contribution in [0.25, 0.3) is 10.2 Å². The van der Waals surface area contributed by atoms with E-state index >= 15 is 0 Å². The molecule has 204 valence electrons. The summed E-state index contributed by atoms with van der Waals surface area (Å²) in [6.07, 6.45) is 0. The maximum atomic E-state index is 13.7. The van der Waals surface area contributed by atoms with Gasteiger partial charge in [0.2, 0.25) is 10.0 Å². The lowest BCUT2D eigenvalue weighted by molar-refractivity contribution is 0.0983. The minimum atomic E-state index is -3.59. The number of sulfonamides is 1. The zero-order chi connectivity index (χ0) is 26.3. The summed E-state index contributed by atoms with van der Waals surface area (Å²) < 4.78 is 33.8. The molecule has 0 fully saturated rings. The van der Waals surface area contributed by atoms with E-state index in [1.807, 2.05) is 39.0 Å². The number of hydrogen-bond acceptors (Lipinski definition) is 7. The predicted molar refractivity (Wildman–Crippen MR) is 154 cm³/mol. The average Bonchev–Trinajstić information content (AvgIpc) is 3.32. The van der Waals surface area contributed by atoms with Gasteiger partial charge in [-0.25, -0.2) is 13.4 Å². The van der Waals surface area contributed by atoms with Gasteiger partial charge in [-0.1, -0.05) is 45.1 Å². The number of aromatic nitrogens is 1. The van der Waals surface area contributed by atoms with Gasteiger partial charge in [0, 0.05) is 31.7 Å². The second-order valence-electron chi connectivity index (χ2n) is 8.13. The SMILES string of the molecule is CCOc1cccc2sc(N(CCN(CC)CC)C(=O)c3ccc(S(=O)(=O)N(CC)CC)cc3)nc12.Cl. The molecule has 1 amide bonds. The van der Waals surface area contributed by atoms with Gasteiger partial charge in [-0.15, -0.1) is 12.4 Å². The van der Waals surface area contributed by atoms with Crippen molar-refractivity contribution in [2.75, 3.05) is 50.8 Å². The second-order valence-corrected chi connectivity index (χ2v) is 11.1. The smallest absolute Gasteiger partial charge is 0.260 e. The Balaban J connectivity index is 0.00000481. The molecule has 0 N–H and O–H groups in total. The Bertz CT molecular complexity index is 1260. The first-order chi connectivity index (χ1) is 17.3. The van der Waals surface area contributed by atoms with E-state index in [0.717, 1.165) is 23.3 Å². The van der Waals surface area contributed by atoms with Crippen molar-refractivity contribution in [1.29, 1.82) is 0 Å². The molecule has 8 nitrogen and oxygen atoms in total. The van der Waals surface area contributed by atoms with E-state index in [0.29, 0.717) is 49.2 Å². The number of halogens is 1. The van der Waals surface area contributed by atoms with Gasteiger partial charge < -0.3 is 9.64 Å². The summed E-state index contributed by atoms with van der Waals surface area (Å²) in [5.74, 6) is 0.477. The Morgan fingerprint density at radius 2 is 1.57 bits per heavy atom. The fraction of sp³-hybridized carbons (Fsp3) is 0.462. The zero-order valence-corrected chi connectivity index (χ0v) is 24.6. The van der Waals surface area contributed by atoms with Crippen LogP contribution in [0.3, 0.4) is 0 Å². The van der Waals surface area contributed by atoms with Gasteiger partial charge in [0.05, 0.1) is 16.2 Å². The van der Waals surface area contributed by atoms with E-state index < -0.39 is 10.0 Å². The molecule has 0 spiro atoms. The molecule has 0 radical (unpaired) electrons. The molecule has 2 aromatic carbocycles. The number of anilines is 1. The molecule has 1 heterocycles. The van der Waals surface area contributed by atoms with Crippen molar-refractivity contribution in [3.63, 3.8) is 0 Å². The van der Waals surface area contributed by atoms with Crippen molar-refractivity contribution in [1.82, 2.24) is 14.2 Å². The number of hydrogen-bond donors (Lipinski definition) is 0. The number of fused-ring (bicyclic) bond motifs is 1. The van der Waals surface area contributed by atoms with Crippen LogP contribution in [0.5, 0.6) is 5.75 Å². The van der Waals surface area contributed by atoms with Crippen molar-refractivity contribution >= 4 is 55.0 Å². The first-order valence-electron chi connectivity index (χ1n) is 12.5. The first kappa shape index (κ1) is 31.0. The molecule has 11 heteroatoms. The van der Waals surface area contributed by atoms with Crippen LogP contribution in [-0.4, -0.2) is 74.4 Å². The van der Waals surface area contributed by atoms with Crippen LogP contribution in [0, 0.1) is 0 Å². The topological polar surface area (TPSA) is 83.0 Å². The zero-order valence-electron chi connectivity index (χ0n) is 22.1. The highest BCUT2D eigenvalue weighted by Crippen LogP contribution is 2.35. The van der Waals surface area contributed by atoms with Crippen molar-refractivity contribution in [3.8, 4) is 5.75 Å². The van der Waals surface area contributed by atoms with Crippen molar-refractivity contribution in [2.45, 2.75) is 39.5 Å². The molecule has 0 saturated heterocycles. The number of rotatable bonds is 13. The van der Waals surface area contributed by atoms with E-state index in [-0.39, 0.29) is 23.2 Å². The lowest BCUT2D eigenvalue weighted by atomic mass is 10.2. The van der Waals surface area contributed by atoms with Crippen LogP contribution in [0.1, 0.15) is 45.0 Å². The third kappa shape index (κ3) is 7.00. The maximum absolute atomic E-state index is 13.7. The van der Waals surface area contributed by atoms with Crippen molar-refractivity contribution in [2.24, 2.45) is 0 Å². The highest BCUT2D eigenvalue weighted by atomic mass is 35.5. The van der Waals surface area contributed by atoms with Crippen LogP contribution >= 0.6 is 23.7 Å². The first-order valence-corrected chi connectivity index (χ1v) is 14.7. The van der Waals surface area contributed by atoms with Gasteiger partial charge in [-0.05, 0) is 56.4 Å². The molecule has 0 saturated carbocycles. The van der Waals surface area contributed by atoms with Crippen molar-refractivity contribution in [3.05, 3.63) is 48.0 Å². The molecule has 0 aliphatic carbocycles. The van der Waals surface area contributed by atoms with Crippen LogP contribution in [0.15, 0.2) is 47.4 Å². The average molecular weight is 569 g/mol. The molecule has 3 rings (SSSR count). The van der Waals surface area contributed by atoms with E-state index in [1.54, 1.807) is 17.0 Å². The molecule has 37 heavy (non-hydrogen) atoms. The maximum Gasteiger partial charge on any atom is 0.260 e. The van der Waals surface area contributed by atoms with Crippen LogP contribution in [-0.2, 0) is 10.0 Å². The normalized spacial score (nSPS) is 11.6. The number of para-hydroxylation sites is 1. The van der Waals surface area contributed by atoms with Crippen LogP contribution in [0.2, 0.25) is 0 Å². The fourth-order valence-electron chi connectivity index (χ4n) is 4.00. The molecule has 0 unspecified atom stereocenters. The fourth-order valence-corrected chi connectivity index (χ4v) is 6.47. The Labute approximate surface area is 230 Å². The molecule has 0 aliphatic heterocycles. The van der Waals surface area contributed by atoms with Crippen molar-refractivity contribution < 1.29 is 17.9 Å². The van der Waals surface area contributed by atoms with Gasteiger partial charge >= 0.3 is 0 Å². The number of carbonyl (C=O) groups excluding carboxylic acids is 1. The van der Waals surface area contributed by atoms with Gasteiger partial charge in [-0.3, -0.25) is 9.69 Å². The lowest BCUT2D eigenvalue weighted by Crippen LogP contribution is -2.39. The monoisotopic (exact) mass is 568 g/mol. The summed E-state index contributed by atoms with van der Waals surface area (Å²) in [6, 6.07) is 12.0. The van der Waals surface area contributed by atoms with E-state index in [1.165, 1.54) is 27.8 Å². The minimum Gasteiger partial charge on any atom is -0.492 e. The highest BCUT2D eigenvalue weighted by molar-refractivity contribution is 7.89. The number of benzene rings is 2. The summed E-state index contributed by atoms with van der Waals surface area (Å²) >= 11 is 1.45. The number of carbonyl (C=O) groups is 1. The van der Waals surface area contributed by atoms with Gasteiger partial charge in [0.15, 0.2) is 5.13 Å². The number of nitrogens with zero attached hydrogens (tertiary/aromatic N) is 4. The van der Waals surface area contributed by atoms with E-state index in [2.05, 4.69) is 18.7 Å². The third-order valence-electron chi connectivity index (χ3n) is 6.13. The quantitative estimate of drug-likeness (QED) is 0.284. The summed E-state index contributed by atoms with van der Waals surface area (Å²) in [5.41, 5.74) is 1.15. The summed E-state index contributed by atoms with van der Waals surface area (Å²) in [6.45, 7) is 14.0. The van der Waals surface area contributed by atoms with Crippen LogP contribution in [0.4, 0.5) is 5.13 Å². The number of ether oxygens (including phenoxy) is 1. The summed E-state index contributed by atoms with van der Waals surface area (Å²) in [4.78, 5) is 22.6. The van der Waals surface area contributed by atoms with Gasteiger partial charge in [0.25, 0.3) is 5.91 Å². The summed E-state index contributed by atoms with van der Waals surface area (Å²) in [5, 5.41) is 0.592. The molecular weight excluding hydrogens is 532 g/mol. The standard InChI is InChI=1S/C26H36N4O4S2.ClH/c1-6-28(7-2)18-19-30(26-27-24-22(34-10-5)12-11-13-23(24)35-26)25(31)20-14-16-21(17-15-20)36(32,33)29(8-3)9-4;/h11-17H,6-10,18-19H2,1-5H3;1H. The second kappa shape index (κ2) is 14.1. The largest absolute Gasteiger partial charge is 0.492 e. The molecule has 0 aliphatic rings. The Kier molecular flexibility index (Phi) is 11.8. The lowest BCUT2D eigenvalue weighted by Gasteiger charge is -2.25. The molecule has 3 aromatic rings. The molecule has 1 aromatic heterocycles. The third-order valence-corrected chi connectivity index (χ3v) is 9.23. The molecular formula is C26H37ClN4O4S2. The Hall–Kier alpha value is -2.24. The van der Waals surface area contributed by atoms with E-state index in [9.17, 15) is 13.2 Å². The highest BCUT2D eigenvalue weighted by Gasteiger charge is 2.25. The number of thiazole rings is 1. The predicted octanol–water partition coefficient (Wildman–Crippen LogP) is 5.14. The van der Waals surface area contributed by atoms with Gasteiger partial charge in [-0.2, -0.15) is 4.31 Å². The number of amides is 1. The molecule has 0 bridgehead atoms. The minimum absolute atomic E-state index is 0. The van der Waals surface area contributed by atoms with E-state index in [4.69, 9.17) is 9.72 Å². The Morgan fingerprint density at radius 1 is 0.919 bits per heavy atom.